The molecule has 0 aliphatic heterocycles. The number of anilines is 1. The topological polar surface area (TPSA) is 35.8 Å². The summed E-state index contributed by atoms with van der Waals surface area (Å²) in [6.45, 7) is 0. The fourth-order valence-electron chi connectivity index (χ4n) is 2.72. The standard InChI is InChI=1S/C17H14BrFN2/c18-14-3-1-2-11(6-14)12-8-16(9-12)21-17-5-4-15(19)7-13(17)10-20/h1-7,12,16,21H,8-9H2. The van der Waals surface area contributed by atoms with Gasteiger partial charge in [-0.15, -0.1) is 0 Å². The molecule has 0 heterocycles. The highest BCUT2D eigenvalue weighted by molar-refractivity contribution is 9.10. The summed E-state index contributed by atoms with van der Waals surface area (Å²) in [4.78, 5) is 0. The number of benzene rings is 2. The highest BCUT2D eigenvalue weighted by atomic mass is 79.9. The van der Waals surface area contributed by atoms with Crippen LogP contribution in [0, 0.1) is 17.1 Å². The molecule has 21 heavy (non-hydrogen) atoms. The van der Waals surface area contributed by atoms with E-state index in [2.05, 4.69) is 33.4 Å². The van der Waals surface area contributed by atoms with Crippen LogP contribution >= 0.6 is 15.9 Å². The average Bonchev–Trinajstić information content (AvgIpc) is 2.43. The largest absolute Gasteiger partial charge is 0.381 e. The molecule has 0 aromatic heterocycles. The summed E-state index contributed by atoms with van der Waals surface area (Å²) in [6.07, 6.45) is 2.05. The fourth-order valence-corrected chi connectivity index (χ4v) is 3.14. The molecule has 3 rings (SSSR count). The summed E-state index contributed by atoms with van der Waals surface area (Å²) in [5.74, 6) is 0.170. The minimum Gasteiger partial charge on any atom is -0.381 e. The van der Waals surface area contributed by atoms with Gasteiger partial charge in [0.1, 0.15) is 11.9 Å². The van der Waals surface area contributed by atoms with Crippen molar-refractivity contribution in [2.75, 3.05) is 5.32 Å². The Hall–Kier alpha value is -1.86. The first-order valence-electron chi connectivity index (χ1n) is 6.87. The van der Waals surface area contributed by atoms with Crippen LogP contribution in [-0.2, 0) is 0 Å². The van der Waals surface area contributed by atoms with E-state index >= 15 is 0 Å². The Morgan fingerprint density at radius 3 is 2.71 bits per heavy atom. The summed E-state index contributed by atoms with van der Waals surface area (Å²) in [5.41, 5.74) is 2.42. The predicted molar refractivity (Wildman–Crippen MR) is 84.6 cm³/mol. The average molecular weight is 345 g/mol. The van der Waals surface area contributed by atoms with Crippen LogP contribution in [0.4, 0.5) is 10.1 Å². The quantitative estimate of drug-likeness (QED) is 0.866. The maximum atomic E-state index is 13.1. The van der Waals surface area contributed by atoms with Crippen LogP contribution in [0.25, 0.3) is 0 Å². The second-order valence-corrected chi connectivity index (χ2v) is 6.28. The van der Waals surface area contributed by atoms with E-state index < -0.39 is 0 Å². The molecule has 0 saturated heterocycles. The van der Waals surface area contributed by atoms with Crippen LogP contribution < -0.4 is 5.32 Å². The highest BCUT2D eigenvalue weighted by Crippen LogP contribution is 2.39. The van der Waals surface area contributed by atoms with Crippen LogP contribution in [0.5, 0.6) is 0 Å². The molecule has 0 spiro atoms. The first-order chi connectivity index (χ1) is 10.2. The van der Waals surface area contributed by atoms with Crippen molar-refractivity contribution in [1.82, 2.24) is 0 Å². The molecule has 1 fully saturated rings. The van der Waals surface area contributed by atoms with E-state index in [1.165, 1.54) is 17.7 Å². The molecule has 1 aliphatic carbocycles. The van der Waals surface area contributed by atoms with Gasteiger partial charge in [0.2, 0.25) is 0 Å². The monoisotopic (exact) mass is 344 g/mol. The Morgan fingerprint density at radius 1 is 1.19 bits per heavy atom. The number of nitrogens with one attached hydrogen (secondary N) is 1. The van der Waals surface area contributed by atoms with E-state index in [0.717, 1.165) is 23.0 Å². The van der Waals surface area contributed by atoms with Gasteiger partial charge in [0.25, 0.3) is 0 Å². The molecular formula is C17H14BrFN2. The van der Waals surface area contributed by atoms with Gasteiger partial charge in [-0.3, -0.25) is 0 Å². The maximum absolute atomic E-state index is 13.1. The van der Waals surface area contributed by atoms with E-state index in [-0.39, 0.29) is 5.82 Å². The third-order valence-electron chi connectivity index (χ3n) is 3.92. The lowest BCUT2D eigenvalue weighted by Gasteiger charge is -2.37. The van der Waals surface area contributed by atoms with Crippen LogP contribution in [-0.4, -0.2) is 6.04 Å². The van der Waals surface area contributed by atoms with Crippen LogP contribution in [0.2, 0.25) is 0 Å². The van der Waals surface area contributed by atoms with E-state index in [9.17, 15) is 4.39 Å². The lowest BCUT2D eigenvalue weighted by molar-refractivity contribution is 0.374. The zero-order valence-electron chi connectivity index (χ0n) is 11.3. The second-order valence-electron chi connectivity index (χ2n) is 5.37. The van der Waals surface area contributed by atoms with Gasteiger partial charge in [-0.05, 0) is 54.7 Å². The van der Waals surface area contributed by atoms with Gasteiger partial charge in [0.15, 0.2) is 0 Å². The van der Waals surface area contributed by atoms with Crippen molar-refractivity contribution in [3.05, 3.63) is 63.9 Å². The minimum atomic E-state index is -0.377. The summed E-state index contributed by atoms with van der Waals surface area (Å²) >= 11 is 3.49. The zero-order chi connectivity index (χ0) is 14.8. The van der Waals surface area contributed by atoms with Crippen molar-refractivity contribution in [1.29, 1.82) is 5.26 Å². The molecule has 1 saturated carbocycles. The van der Waals surface area contributed by atoms with Gasteiger partial charge in [0.05, 0.1) is 11.3 Å². The molecule has 1 aliphatic rings. The van der Waals surface area contributed by atoms with Gasteiger partial charge < -0.3 is 5.32 Å². The van der Waals surface area contributed by atoms with Crippen molar-refractivity contribution in [2.45, 2.75) is 24.8 Å². The van der Waals surface area contributed by atoms with Gasteiger partial charge in [-0.25, -0.2) is 4.39 Å². The Bertz CT molecular complexity index is 702. The Kier molecular flexibility index (Phi) is 3.94. The summed E-state index contributed by atoms with van der Waals surface area (Å²) < 4.78 is 14.2. The van der Waals surface area contributed by atoms with Crippen molar-refractivity contribution < 1.29 is 4.39 Å². The second kappa shape index (κ2) is 5.87. The minimum absolute atomic E-state index is 0.339. The predicted octanol–water partition coefficient (Wildman–Crippen LogP) is 4.82. The zero-order valence-corrected chi connectivity index (χ0v) is 12.9. The van der Waals surface area contributed by atoms with Gasteiger partial charge in [-0.2, -0.15) is 5.26 Å². The van der Waals surface area contributed by atoms with Crippen LogP contribution in [0.3, 0.4) is 0 Å². The van der Waals surface area contributed by atoms with E-state index in [1.807, 2.05) is 18.2 Å². The van der Waals surface area contributed by atoms with E-state index in [0.29, 0.717) is 17.5 Å². The number of hydrogen-bond donors (Lipinski definition) is 1. The lowest BCUT2D eigenvalue weighted by Crippen LogP contribution is -2.34. The first kappa shape index (κ1) is 14.1. The van der Waals surface area contributed by atoms with Crippen LogP contribution in [0.15, 0.2) is 46.9 Å². The summed E-state index contributed by atoms with van der Waals surface area (Å²) in [6, 6.07) is 15.0. The molecule has 4 heteroatoms. The number of rotatable bonds is 3. The van der Waals surface area contributed by atoms with Crippen molar-refractivity contribution in [3.8, 4) is 6.07 Å². The van der Waals surface area contributed by atoms with Gasteiger partial charge in [0, 0.05) is 10.5 Å². The molecular weight excluding hydrogens is 331 g/mol. The summed E-state index contributed by atoms with van der Waals surface area (Å²) in [7, 11) is 0. The maximum Gasteiger partial charge on any atom is 0.124 e. The number of halogens is 2. The van der Waals surface area contributed by atoms with E-state index in [1.54, 1.807) is 6.07 Å². The Balaban J connectivity index is 1.64. The van der Waals surface area contributed by atoms with Gasteiger partial charge in [-0.1, -0.05) is 28.1 Å². The van der Waals surface area contributed by atoms with E-state index in [4.69, 9.17) is 5.26 Å². The normalized spacial score (nSPS) is 20.4. The third-order valence-corrected chi connectivity index (χ3v) is 4.41. The highest BCUT2D eigenvalue weighted by Gasteiger charge is 2.30. The van der Waals surface area contributed by atoms with Gasteiger partial charge >= 0.3 is 0 Å². The molecule has 2 aromatic rings. The molecule has 0 atom stereocenters. The van der Waals surface area contributed by atoms with Crippen LogP contribution in [0.1, 0.15) is 29.9 Å². The molecule has 2 aromatic carbocycles. The molecule has 1 N–H and O–H groups in total. The number of nitriles is 1. The molecule has 0 bridgehead atoms. The SMILES string of the molecule is N#Cc1cc(F)ccc1NC1CC(c2cccc(Br)c2)C1. The van der Waals surface area contributed by atoms with Crippen molar-refractivity contribution >= 4 is 21.6 Å². The molecule has 0 radical (unpaired) electrons. The van der Waals surface area contributed by atoms with Crippen molar-refractivity contribution in [2.24, 2.45) is 0 Å². The third kappa shape index (κ3) is 3.08. The molecule has 2 nitrogen and oxygen atoms in total. The number of hydrogen-bond acceptors (Lipinski definition) is 2. The molecule has 0 unspecified atom stereocenters. The van der Waals surface area contributed by atoms with Crippen molar-refractivity contribution in [3.63, 3.8) is 0 Å². The Labute approximate surface area is 131 Å². The lowest BCUT2D eigenvalue weighted by atomic mass is 9.76. The summed E-state index contributed by atoms with van der Waals surface area (Å²) in [5, 5.41) is 12.4. The molecule has 0 amide bonds. The first-order valence-corrected chi connectivity index (χ1v) is 7.66. The smallest absolute Gasteiger partial charge is 0.124 e. The Morgan fingerprint density at radius 2 is 2.00 bits per heavy atom. The fraction of sp³-hybridized carbons (Fsp3) is 0.235. The number of nitrogens with zero attached hydrogens (tertiary/aromatic N) is 1. The molecule has 106 valence electrons.